The third-order valence-corrected chi connectivity index (χ3v) is 5.14. The van der Waals surface area contributed by atoms with Crippen molar-refractivity contribution in [2.45, 2.75) is 6.54 Å². The number of halogens is 1. The summed E-state index contributed by atoms with van der Waals surface area (Å²) >= 11 is 5.91. The molecule has 0 saturated carbocycles. The molecule has 4 aromatic rings. The van der Waals surface area contributed by atoms with E-state index in [1.54, 1.807) is 31.4 Å². The van der Waals surface area contributed by atoms with E-state index in [0.717, 1.165) is 22.2 Å². The Morgan fingerprint density at radius 1 is 0.935 bits per heavy atom. The SMILES string of the molecule is COc1ccc(CNC(=O)c2[nH]c3ccccc3c2NC(=O)c2ccc(Cl)cc2)cc1. The summed E-state index contributed by atoms with van der Waals surface area (Å²) < 4.78 is 5.15. The predicted molar refractivity (Wildman–Crippen MR) is 122 cm³/mol. The second kappa shape index (κ2) is 8.93. The predicted octanol–water partition coefficient (Wildman–Crippen LogP) is 5.01. The molecule has 0 saturated heterocycles. The van der Waals surface area contributed by atoms with Crippen LogP contribution in [0.25, 0.3) is 10.9 Å². The largest absolute Gasteiger partial charge is 0.497 e. The van der Waals surface area contributed by atoms with Crippen molar-refractivity contribution in [3.63, 3.8) is 0 Å². The maximum absolute atomic E-state index is 13.0. The highest BCUT2D eigenvalue weighted by Crippen LogP contribution is 2.28. The smallest absolute Gasteiger partial charge is 0.270 e. The molecule has 0 aliphatic rings. The van der Waals surface area contributed by atoms with E-state index in [-0.39, 0.29) is 17.5 Å². The molecule has 0 fully saturated rings. The molecule has 7 heteroatoms. The van der Waals surface area contributed by atoms with Gasteiger partial charge in [-0.15, -0.1) is 0 Å². The molecule has 1 aromatic heterocycles. The van der Waals surface area contributed by atoms with Gasteiger partial charge >= 0.3 is 0 Å². The molecule has 2 amide bonds. The minimum atomic E-state index is -0.328. The third-order valence-electron chi connectivity index (χ3n) is 4.89. The Morgan fingerprint density at radius 3 is 2.35 bits per heavy atom. The monoisotopic (exact) mass is 433 g/mol. The minimum absolute atomic E-state index is 0.289. The highest BCUT2D eigenvalue weighted by molar-refractivity contribution is 6.30. The van der Waals surface area contributed by atoms with Gasteiger partial charge in [0.05, 0.1) is 12.8 Å². The summed E-state index contributed by atoms with van der Waals surface area (Å²) in [6.45, 7) is 0.336. The highest BCUT2D eigenvalue weighted by Gasteiger charge is 2.20. The van der Waals surface area contributed by atoms with Crippen LogP contribution in [0.2, 0.25) is 5.02 Å². The highest BCUT2D eigenvalue weighted by atomic mass is 35.5. The van der Waals surface area contributed by atoms with Gasteiger partial charge in [-0.3, -0.25) is 9.59 Å². The molecule has 156 valence electrons. The quantitative estimate of drug-likeness (QED) is 0.399. The van der Waals surface area contributed by atoms with Crippen LogP contribution < -0.4 is 15.4 Å². The maximum atomic E-state index is 13.0. The second-order valence-electron chi connectivity index (χ2n) is 6.91. The van der Waals surface area contributed by atoms with E-state index in [2.05, 4.69) is 15.6 Å². The zero-order chi connectivity index (χ0) is 21.8. The Balaban J connectivity index is 1.58. The molecule has 0 aliphatic heterocycles. The van der Waals surface area contributed by atoms with Gasteiger partial charge in [-0.1, -0.05) is 41.9 Å². The van der Waals surface area contributed by atoms with Crippen LogP contribution in [0.5, 0.6) is 5.75 Å². The van der Waals surface area contributed by atoms with Crippen LogP contribution in [0.4, 0.5) is 5.69 Å². The van der Waals surface area contributed by atoms with Gasteiger partial charge in [0.2, 0.25) is 0 Å². The lowest BCUT2D eigenvalue weighted by atomic mass is 10.1. The fourth-order valence-corrected chi connectivity index (χ4v) is 3.37. The van der Waals surface area contributed by atoms with E-state index >= 15 is 0 Å². The van der Waals surface area contributed by atoms with Crippen molar-refractivity contribution in [3.8, 4) is 5.75 Å². The molecule has 0 bridgehead atoms. The molecule has 3 N–H and O–H groups in total. The lowest BCUT2D eigenvalue weighted by Crippen LogP contribution is -2.25. The molecule has 31 heavy (non-hydrogen) atoms. The van der Waals surface area contributed by atoms with E-state index in [0.29, 0.717) is 22.8 Å². The summed E-state index contributed by atoms with van der Waals surface area (Å²) in [5.74, 6) is 0.0990. The van der Waals surface area contributed by atoms with Gasteiger partial charge in [-0.05, 0) is 48.0 Å². The summed E-state index contributed by atoms with van der Waals surface area (Å²) in [5.41, 5.74) is 2.85. The Morgan fingerprint density at radius 2 is 1.65 bits per heavy atom. The van der Waals surface area contributed by atoms with E-state index in [9.17, 15) is 9.59 Å². The van der Waals surface area contributed by atoms with Crippen LogP contribution in [0.15, 0.2) is 72.8 Å². The number of aromatic amines is 1. The molecule has 4 rings (SSSR count). The van der Waals surface area contributed by atoms with Crippen LogP contribution in [-0.4, -0.2) is 23.9 Å². The Kier molecular flexibility index (Phi) is 5.91. The van der Waals surface area contributed by atoms with Crippen molar-refractivity contribution in [2.75, 3.05) is 12.4 Å². The van der Waals surface area contributed by atoms with Crippen LogP contribution in [0.3, 0.4) is 0 Å². The first-order chi connectivity index (χ1) is 15.0. The normalized spacial score (nSPS) is 10.6. The number of para-hydroxylation sites is 1. The number of methoxy groups -OCH3 is 1. The Hall–Kier alpha value is -3.77. The average Bonchev–Trinajstić information content (AvgIpc) is 3.16. The summed E-state index contributed by atoms with van der Waals surface area (Å²) in [7, 11) is 1.60. The van der Waals surface area contributed by atoms with Crippen molar-refractivity contribution in [1.29, 1.82) is 0 Å². The van der Waals surface area contributed by atoms with Gasteiger partial charge in [-0.25, -0.2) is 0 Å². The number of anilines is 1. The fraction of sp³-hybridized carbons (Fsp3) is 0.0833. The lowest BCUT2D eigenvalue weighted by Gasteiger charge is -2.09. The summed E-state index contributed by atoms with van der Waals surface area (Å²) in [5, 5.41) is 7.06. The number of hydrogen-bond acceptors (Lipinski definition) is 3. The van der Waals surface area contributed by atoms with Crippen LogP contribution in [0, 0.1) is 0 Å². The first-order valence-corrected chi connectivity index (χ1v) is 10.0. The molecular formula is C24H20ClN3O3. The molecule has 1 heterocycles. The molecule has 0 atom stereocenters. The minimum Gasteiger partial charge on any atom is -0.497 e. The van der Waals surface area contributed by atoms with Gasteiger partial charge in [0.1, 0.15) is 11.4 Å². The summed E-state index contributed by atoms with van der Waals surface area (Å²) in [4.78, 5) is 28.8. The molecular weight excluding hydrogens is 414 g/mol. The van der Waals surface area contributed by atoms with Crippen LogP contribution >= 0.6 is 11.6 Å². The molecule has 0 aliphatic carbocycles. The van der Waals surface area contributed by atoms with Crippen molar-refractivity contribution in [2.24, 2.45) is 0 Å². The van der Waals surface area contributed by atoms with Gasteiger partial charge in [0.15, 0.2) is 0 Å². The molecule has 3 aromatic carbocycles. The number of rotatable bonds is 6. The molecule has 0 spiro atoms. The molecule has 0 unspecified atom stereocenters. The number of nitrogens with one attached hydrogen (secondary N) is 3. The Bertz CT molecular complexity index is 1230. The van der Waals surface area contributed by atoms with E-state index in [4.69, 9.17) is 16.3 Å². The van der Waals surface area contributed by atoms with E-state index < -0.39 is 0 Å². The van der Waals surface area contributed by atoms with Gasteiger partial charge in [0.25, 0.3) is 11.8 Å². The third kappa shape index (κ3) is 4.54. The van der Waals surface area contributed by atoms with Gasteiger partial charge < -0.3 is 20.4 Å². The number of hydrogen-bond donors (Lipinski definition) is 3. The van der Waals surface area contributed by atoms with E-state index in [1.165, 1.54) is 0 Å². The average molecular weight is 434 g/mol. The van der Waals surface area contributed by atoms with Gasteiger partial charge in [-0.2, -0.15) is 0 Å². The number of fused-ring (bicyclic) bond motifs is 1. The number of carbonyl (C=O) groups excluding carboxylic acids is 2. The van der Waals surface area contributed by atoms with Crippen molar-refractivity contribution in [1.82, 2.24) is 10.3 Å². The van der Waals surface area contributed by atoms with E-state index in [1.807, 2.05) is 48.5 Å². The van der Waals surface area contributed by atoms with Crippen molar-refractivity contribution >= 4 is 40.0 Å². The summed E-state index contributed by atoms with van der Waals surface area (Å²) in [6.07, 6.45) is 0. The number of carbonyl (C=O) groups is 2. The number of aromatic nitrogens is 1. The number of amides is 2. The maximum Gasteiger partial charge on any atom is 0.270 e. The summed E-state index contributed by atoms with van der Waals surface area (Å²) in [6, 6.07) is 21.4. The first kappa shape index (κ1) is 20.5. The van der Waals surface area contributed by atoms with Crippen LogP contribution in [-0.2, 0) is 6.54 Å². The molecule has 0 radical (unpaired) electrons. The van der Waals surface area contributed by atoms with Crippen LogP contribution in [0.1, 0.15) is 26.4 Å². The van der Waals surface area contributed by atoms with Crippen molar-refractivity contribution in [3.05, 3.63) is 94.6 Å². The number of H-pyrrole nitrogens is 1. The number of ether oxygens (including phenoxy) is 1. The Labute approximate surface area is 184 Å². The fourth-order valence-electron chi connectivity index (χ4n) is 3.24. The topological polar surface area (TPSA) is 83.2 Å². The first-order valence-electron chi connectivity index (χ1n) is 9.64. The second-order valence-corrected chi connectivity index (χ2v) is 7.35. The number of benzene rings is 3. The molecule has 6 nitrogen and oxygen atoms in total. The standard InChI is InChI=1S/C24H20ClN3O3/c1-31-18-12-6-15(7-13-18)14-26-24(30)22-21(19-4-2-3-5-20(19)27-22)28-23(29)16-8-10-17(25)11-9-16/h2-13,27H,14H2,1H3,(H,26,30)(H,28,29). The zero-order valence-electron chi connectivity index (χ0n) is 16.7. The zero-order valence-corrected chi connectivity index (χ0v) is 17.5. The van der Waals surface area contributed by atoms with Crippen molar-refractivity contribution < 1.29 is 14.3 Å². The lowest BCUT2D eigenvalue weighted by molar-refractivity contribution is 0.0947. The van der Waals surface area contributed by atoms with Gasteiger partial charge in [0, 0.05) is 28.0 Å².